The fraction of sp³-hybridized carbons (Fsp3) is 0.0909. The van der Waals surface area contributed by atoms with Crippen molar-refractivity contribution in [1.82, 2.24) is 9.97 Å². The summed E-state index contributed by atoms with van der Waals surface area (Å²) in [7, 11) is -3.28. The summed E-state index contributed by atoms with van der Waals surface area (Å²) in [5.74, 6) is 0. The second-order valence-corrected chi connectivity index (χ2v) is 8.56. The standard InChI is InChI=1S/C22H18N2O2S/c1-15-8-9-18(13-21(15)27(2,25)26)17-10-11-20-19(12-17)22(24-14-23-20)16-6-4-3-5-7-16/h3-14H,1-2H3. The van der Waals surface area contributed by atoms with Gasteiger partial charge < -0.3 is 0 Å². The van der Waals surface area contributed by atoms with Crippen molar-refractivity contribution in [2.45, 2.75) is 11.8 Å². The zero-order valence-corrected chi connectivity index (χ0v) is 15.9. The van der Waals surface area contributed by atoms with Crippen LogP contribution in [0.1, 0.15) is 5.56 Å². The van der Waals surface area contributed by atoms with Crippen molar-refractivity contribution in [3.63, 3.8) is 0 Å². The van der Waals surface area contributed by atoms with Crippen LogP contribution in [0.15, 0.2) is 78.0 Å². The minimum absolute atomic E-state index is 0.354. The van der Waals surface area contributed by atoms with Crippen LogP contribution in [0.4, 0.5) is 0 Å². The normalized spacial score (nSPS) is 11.6. The van der Waals surface area contributed by atoms with E-state index in [1.807, 2.05) is 67.6 Å². The van der Waals surface area contributed by atoms with Gasteiger partial charge in [-0.2, -0.15) is 0 Å². The molecular formula is C22H18N2O2S. The molecule has 0 aliphatic rings. The van der Waals surface area contributed by atoms with Gasteiger partial charge in [-0.3, -0.25) is 0 Å². The second kappa shape index (κ2) is 6.59. The van der Waals surface area contributed by atoms with Gasteiger partial charge in [0.15, 0.2) is 9.84 Å². The lowest BCUT2D eigenvalue weighted by atomic mass is 9.99. The summed E-state index contributed by atoms with van der Waals surface area (Å²) in [6, 6.07) is 21.4. The van der Waals surface area contributed by atoms with Crippen LogP contribution in [-0.4, -0.2) is 24.6 Å². The second-order valence-electron chi connectivity index (χ2n) is 6.57. The van der Waals surface area contributed by atoms with Gasteiger partial charge in [0.05, 0.1) is 16.1 Å². The molecule has 134 valence electrons. The SMILES string of the molecule is Cc1ccc(-c2ccc3ncnc(-c4ccccc4)c3c2)cc1S(C)(=O)=O. The molecule has 0 spiro atoms. The van der Waals surface area contributed by atoms with Crippen LogP contribution in [0.2, 0.25) is 0 Å². The maximum Gasteiger partial charge on any atom is 0.175 e. The molecular weight excluding hydrogens is 356 g/mol. The van der Waals surface area contributed by atoms with Gasteiger partial charge in [-0.15, -0.1) is 0 Å². The first-order valence-corrected chi connectivity index (χ1v) is 10.4. The molecule has 0 N–H and O–H groups in total. The third-order valence-electron chi connectivity index (χ3n) is 4.60. The summed E-state index contributed by atoms with van der Waals surface area (Å²) in [5, 5.41) is 0.933. The monoisotopic (exact) mass is 374 g/mol. The Balaban J connectivity index is 1.92. The Hall–Kier alpha value is -3.05. The van der Waals surface area contributed by atoms with E-state index in [1.165, 1.54) is 6.26 Å². The molecule has 0 bridgehead atoms. The highest BCUT2D eigenvalue weighted by Gasteiger charge is 2.13. The number of aromatic nitrogens is 2. The minimum Gasteiger partial charge on any atom is -0.236 e. The summed E-state index contributed by atoms with van der Waals surface area (Å²) in [6.45, 7) is 1.81. The highest BCUT2D eigenvalue weighted by molar-refractivity contribution is 7.90. The van der Waals surface area contributed by atoms with Crippen molar-refractivity contribution < 1.29 is 8.42 Å². The summed E-state index contributed by atoms with van der Waals surface area (Å²) in [5.41, 5.74) is 5.25. The Labute approximate surface area is 158 Å². The third kappa shape index (κ3) is 3.34. The highest BCUT2D eigenvalue weighted by Crippen LogP contribution is 2.31. The van der Waals surface area contributed by atoms with Gasteiger partial charge in [0.2, 0.25) is 0 Å². The average Bonchev–Trinajstić information content (AvgIpc) is 2.67. The number of hydrogen-bond acceptors (Lipinski definition) is 4. The van der Waals surface area contributed by atoms with Crippen molar-refractivity contribution in [3.05, 3.63) is 78.6 Å². The number of fused-ring (bicyclic) bond motifs is 1. The molecule has 0 fully saturated rings. The van der Waals surface area contributed by atoms with Crippen LogP contribution in [-0.2, 0) is 9.84 Å². The third-order valence-corrected chi connectivity index (χ3v) is 5.84. The molecule has 4 aromatic rings. The van der Waals surface area contributed by atoms with Crippen LogP contribution in [0, 0.1) is 6.92 Å². The Morgan fingerprint density at radius 3 is 2.22 bits per heavy atom. The maximum atomic E-state index is 12.1. The van der Waals surface area contributed by atoms with Crippen LogP contribution in [0.3, 0.4) is 0 Å². The Kier molecular flexibility index (Phi) is 4.24. The highest BCUT2D eigenvalue weighted by atomic mass is 32.2. The first-order chi connectivity index (χ1) is 12.9. The molecule has 0 amide bonds. The molecule has 0 atom stereocenters. The molecule has 0 radical (unpaired) electrons. The van der Waals surface area contributed by atoms with Gasteiger partial charge >= 0.3 is 0 Å². The van der Waals surface area contributed by atoms with E-state index in [9.17, 15) is 8.42 Å². The number of benzene rings is 3. The van der Waals surface area contributed by atoms with Gasteiger partial charge in [0, 0.05) is 17.2 Å². The van der Waals surface area contributed by atoms with E-state index in [4.69, 9.17) is 0 Å². The lowest BCUT2D eigenvalue weighted by molar-refractivity contribution is 0.601. The van der Waals surface area contributed by atoms with E-state index in [-0.39, 0.29) is 0 Å². The van der Waals surface area contributed by atoms with Crippen molar-refractivity contribution in [1.29, 1.82) is 0 Å². The zero-order chi connectivity index (χ0) is 19.0. The zero-order valence-electron chi connectivity index (χ0n) is 15.0. The molecule has 1 aromatic heterocycles. The largest absolute Gasteiger partial charge is 0.236 e. The smallest absolute Gasteiger partial charge is 0.175 e. The minimum atomic E-state index is -3.28. The van der Waals surface area contributed by atoms with Gasteiger partial charge in [-0.05, 0) is 41.8 Å². The summed E-state index contributed by atoms with van der Waals surface area (Å²) in [4.78, 5) is 9.20. The average molecular weight is 374 g/mol. The molecule has 27 heavy (non-hydrogen) atoms. The predicted octanol–water partition coefficient (Wildman–Crippen LogP) is 4.68. The summed E-state index contributed by atoms with van der Waals surface area (Å²) in [6.07, 6.45) is 2.80. The molecule has 0 aliphatic heterocycles. The number of nitrogens with zero attached hydrogens (tertiary/aromatic N) is 2. The molecule has 3 aromatic carbocycles. The quantitative estimate of drug-likeness (QED) is 0.523. The lowest BCUT2D eigenvalue weighted by Gasteiger charge is -2.10. The van der Waals surface area contributed by atoms with E-state index in [2.05, 4.69) is 9.97 Å². The van der Waals surface area contributed by atoms with Crippen LogP contribution >= 0.6 is 0 Å². The summed E-state index contributed by atoms with van der Waals surface area (Å²) >= 11 is 0. The van der Waals surface area contributed by atoms with E-state index >= 15 is 0 Å². The number of aryl methyl sites for hydroxylation is 1. The molecule has 1 heterocycles. The topological polar surface area (TPSA) is 59.9 Å². The van der Waals surface area contributed by atoms with Crippen molar-refractivity contribution in [2.24, 2.45) is 0 Å². The fourth-order valence-electron chi connectivity index (χ4n) is 3.24. The van der Waals surface area contributed by atoms with Gasteiger partial charge in [-0.1, -0.05) is 48.5 Å². The van der Waals surface area contributed by atoms with Gasteiger partial charge in [-0.25, -0.2) is 18.4 Å². The first-order valence-electron chi connectivity index (χ1n) is 8.55. The van der Waals surface area contributed by atoms with E-state index < -0.39 is 9.84 Å². The Bertz CT molecular complexity index is 1250. The molecule has 0 unspecified atom stereocenters. The molecule has 4 rings (SSSR count). The van der Waals surface area contributed by atoms with Crippen molar-refractivity contribution >= 4 is 20.7 Å². The predicted molar refractivity (Wildman–Crippen MR) is 108 cm³/mol. The van der Waals surface area contributed by atoms with E-state index in [1.54, 1.807) is 12.4 Å². The Morgan fingerprint density at radius 2 is 1.48 bits per heavy atom. The maximum absolute atomic E-state index is 12.1. The first kappa shape index (κ1) is 17.4. The number of hydrogen-bond donors (Lipinski definition) is 0. The Morgan fingerprint density at radius 1 is 0.778 bits per heavy atom. The molecule has 0 saturated carbocycles. The molecule has 4 nitrogen and oxygen atoms in total. The lowest BCUT2D eigenvalue weighted by Crippen LogP contribution is -2.00. The number of sulfone groups is 1. The van der Waals surface area contributed by atoms with E-state index in [0.29, 0.717) is 4.90 Å². The summed E-state index contributed by atoms with van der Waals surface area (Å²) < 4.78 is 24.1. The molecule has 5 heteroatoms. The molecule has 0 aliphatic carbocycles. The van der Waals surface area contributed by atoms with Gasteiger partial charge in [0.1, 0.15) is 6.33 Å². The van der Waals surface area contributed by atoms with E-state index in [0.717, 1.165) is 38.9 Å². The van der Waals surface area contributed by atoms with Crippen LogP contribution in [0.25, 0.3) is 33.3 Å². The van der Waals surface area contributed by atoms with Gasteiger partial charge in [0.25, 0.3) is 0 Å². The molecule has 0 saturated heterocycles. The van der Waals surface area contributed by atoms with Crippen LogP contribution < -0.4 is 0 Å². The fourth-order valence-corrected chi connectivity index (χ4v) is 4.24. The van der Waals surface area contributed by atoms with Crippen molar-refractivity contribution in [3.8, 4) is 22.4 Å². The van der Waals surface area contributed by atoms with Crippen molar-refractivity contribution in [2.75, 3.05) is 6.26 Å². The number of rotatable bonds is 3. The van der Waals surface area contributed by atoms with Crippen LogP contribution in [0.5, 0.6) is 0 Å².